The first kappa shape index (κ1) is 17.2. The molecule has 2 heterocycles. The molecule has 134 valence electrons. The van der Waals surface area contributed by atoms with Crippen molar-refractivity contribution in [3.05, 3.63) is 87.4 Å². The third-order valence-corrected chi connectivity index (χ3v) is 4.93. The molecule has 0 unspecified atom stereocenters. The second-order valence-corrected chi connectivity index (χ2v) is 6.97. The van der Waals surface area contributed by atoms with E-state index in [0.29, 0.717) is 16.5 Å². The highest BCUT2D eigenvalue weighted by Crippen LogP contribution is 2.44. The molecule has 0 bridgehead atoms. The fourth-order valence-corrected chi connectivity index (χ4v) is 3.59. The molecule has 2 aromatic carbocycles. The average molecular weight is 377 g/mol. The molecule has 3 aromatic rings. The molecular weight excluding hydrogens is 360 g/mol. The fraction of sp³-hybridized carbons (Fsp3) is 0.143. The zero-order valence-electron chi connectivity index (χ0n) is 14.9. The molecule has 1 aliphatic rings. The Kier molecular flexibility index (Phi) is 4.14. The topological polar surface area (TPSA) is 76.9 Å². The number of benzene rings is 2. The smallest absolute Gasteiger partial charge is 0.229 e. The number of hydrogen-bond donors (Lipinski definition) is 1. The Morgan fingerprint density at radius 1 is 1.19 bits per heavy atom. The number of aryl methyl sites for hydroxylation is 2. The quantitative estimate of drug-likeness (QED) is 0.720. The van der Waals surface area contributed by atoms with Gasteiger partial charge in [0.05, 0.1) is 22.9 Å². The Labute approximate surface area is 162 Å². The number of hydrogen-bond acceptors (Lipinski definition) is 4. The minimum atomic E-state index is -0.378. The van der Waals surface area contributed by atoms with Crippen molar-refractivity contribution in [2.45, 2.75) is 19.8 Å². The number of aromatic nitrogens is 2. The van der Waals surface area contributed by atoms with Gasteiger partial charge in [0.15, 0.2) is 0 Å². The predicted octanol–water partition coefficient (Wildman–Crippen LogP) is 4.36. The Balaban J connectivity index is 1.95. The van der Waals surface area contributed by atoms with Crippen molar-refractivity contribution in [3.63, 3.8) is 0 Å². The van der Waals surface area contributed by atoms with E-state index in [-0.39, 0.29) is 11.8 Å². The van der Waals surface area contributed by atoms with Gasteiger partial charge in [-0.25, -0.2) is 4.68 Å². The van der Waals surface area contributed by atoms with Crippen molar-refractivity contribution < 1.29 is 4.74 Å². The zero-order chi connectivity index (χ0) is 19.1. The van der Waals surface area contributed by atoms with Crippen molar-refractivity contribution in [2.75, 3.05) is 0 Å². The van der Waals surface area contributed by atoms with Crippen LogP contribution in [0.3, 0.4) is 0 Å². The molecule has 1 atom stereocenters. The van der Waals surface area contributed by atoms with E-state index in [0.717, 1.165) is 28.1 Å². The maximum Gasteiger partial charge on any atom is 0.229 e. The van der Waals surface area contributed by atoms with Crippen LogP contribution in [-0.2, 0) is 0 Å². The van der Waals surface area contributed by atoms with Gasteiger partial charge in [0.25, 0.3) is 0 Å². The lowest BCUT2D eigenvalue weighted by Crippen LogP contribution is -2.22. The highest BCUT2D eigenvalue weighted by atomic mass is 35.5. The lowest BCUT2D eigenvalue weighted by Gasteiger charge is -2.25. The van der Waals surface area contributed by atoms with E-state index < -0.39 is 0 Å². The summed E-state index contributed by atoms with van der Waals surface area (Å²) in [5.74, 6) is 0.234. The summed E-state index contributed by atoms with van der Waals surface area (Å²) in [6, 6.07) is 17.6. The van der Waals surface area contributed by atoms with E-state index in [1.54, 1.807) is 10.7 Å². The van der Waals surface area contributed by atoms with Gasteiger partial charge in [-0.15, -0.1) is 0 Å². The number of rotatable bonds is 2. The van der Waals surface area contributed by atoms with E-state index in [2.05, 4.69) is 11.2 Å². The van der Waals surface area contributed by atoms with Gasteiger partial charge in [-0.1, -0.05) is 41.4 Å². The van der Waals surface area contributed by atoms with Crippen molar-refractivity contribution in [3.8, 4) is 17.6 Å². The van der Waals surface area contributed by atoms with Crippen LogP contribution in [0.4, 0.5) is 0 Å². The van der Waals surface area contributed by atoms with Crippen molar-refractivity contribution in [1.29, 1.82) is 5.26 Å². The van der Waals surface area contributed by atoms with E-state index in [9.17, 15) is 5.26 Å². The number of fused-ring (bicyclic) bond motifs is 1. The first-order valence-corrected chi connectivity index (χ1v) is 8.87. The van der Waals surface area contributed by atoms with Crippen molar-refractivity contribution in [2.24, 2.45) is 5.73 Å². The van der Waals surface area contributed by atoms with Crippen LogP contribution in [0.1, 0.15) is 28.3 Å². The molecule has 0 fully saturated rings. The summed E-state index contributed by atoms with van der Waals surface area (Å²) in [6.07, 6.45) is 0. The Hall–Kier alpha value is -3.23. The van der Waals surface area contributed by atoms with Gasteiger partial charge in [0.2, 0.25) is 11.8 Å². The Bertz CT molecular complexity index is 1110. The number of nitrogens with two attached hydrogens (primary N) is 1. The summed E-state index contributed by atoms with van der Waals surface area (Å²) in [6.45, 7) is 3.93. The van der Waals surface area contributed by atoms with Crippen LogP contribution < -0.4 is 10.5 Å². The van der Waals surface area contributed by atoms with E-state index in [4.69, 9.17) is 22.1 Å². The van der Waals surface area contributed by atoms with Crippen LogP contribution in [0.15, 0.2) is 60.0 Å². The summed E-state index contributed by atoms with van der Waals surface area (Å²) in [5.41, 5.74) is 11.0. The fourth-order valence-electron chi connectivity index (χ4n) is 3.39. The largest absolute Gasteiger partial charge is 0.422 e. The predicted molar refractivity (Wildman–Crippen MR) is 104 cm³/mol. The highest BCUT2D eigenvalue weighted by Gasteiger charge is 2.36. The number of nitrogens with zero attached hydrogens (tertiary/aromatic N) is 3. The monoisotopic (exact) mass is 376 g/mol. The number of halogens is 1. The van der Waals surface area contributed by atoms with Gasteiger partial charge in [-0.2, -0.15) is 10.4 Å². The van der Waals surface area contributed by atoms with Gasteiger partial charge in [-0.05, 0) is 43.7 Å². The summed E-state index contributed by atoms with van der Waals surface area (Å²) < 4.78 is 7.58. The summed E-state index contributed by atoms with van der Waals surface area (Å²) in [4.78, 5) is 0. The minimum Gasteiger partial charge on any atom is -0.422 e. The molecule has 6 heteroatoms. The molecule has 0 amide bonds. The van der Waals surface area contributed by atoms with Crippen LogP contribution in [0, 0.1) is 25.2 Å². The average Bonchev–Trinajstić information content (AvgIpc) is 2.97. The summed E-state index contributed by atoms with van der Waals surface area (Å²) in [5, 5.41) is 15.0. The molecule has 1 aliphatic heterocycles. The van der Waals surface area contributed by atoms with Crippen LogP contribution in [0.5, 0.6) is 5.88 Å². The maximum absolute atomic E-state index is 9.71. The van der Waals surface area contributed by atoms with Gasteiger partial charge in [0.1, 0.15) is 11.6 Å². The second-order valence-electron chi connectivity index (χ2n) is 6.53. The molecule has 4 rings (SSSR count). The van der Waals surface area contributed by atoms with Gasteiger partial charge in [0, 0.05) is 5.02 Å². The van der Waals surface area contributed by atoms with Crippen molar-refractivity contribution >= 4 is 11.6 Å². The number of ether oxygens (including phenoxy) is 1. The molecule has 0 spiro atoms. The van der Waals surface area contributed by atoms with Crippen LogP contribution in [0.25, 0.3) is 5.69 Å². The maximum atomic E-state index is 9.71. The molecule has 0 saturated heterocycles. The first-order chi connectivity index (χ1) is 13.0. The van der Waals surface area contributed by atoms with E-state index in [1.807, 2.05) is 56.3 Å². The Morgan fingerprint density at radius 3 is 2.59 bits per heavy atom. The lowest BCUT2D eigenvalue weighted by molar-refractivity contribution is 0.367. The van der Waals surface area contributed by atoms with E-state index >= 15 is 0 Å². The molecule has 0 saturated carbocycles. The lowest BCUT2D eigenvalue weighted by atomic mass is 9.84. The summed E-state index contributed by atoms with van der Waals surface area (Å²) in [7, 11) is 0. The normalized spacial score (nSPS) is 15.9. The van der Waals surface area contributed by atoms with Crippen LogP contribution in [-0.4, -0.2) is 9.78 Å². The number of nitriles is 1. The molecule has 5 nitrogen and oxygen atoms in total. The third-order valence-electron chi connectivity index (χ3n) is 4.69. The minimum absolute atomic E-state index is 0.0863. The molecule has 27 heavy (non-hydrogen) atoms. The highest BCUT2D eigenvalue weighted by molar-refractivity contribution is 6.30. The summed E-state index contributed by atoms with van der Waals surface area (Å²) >= 11 is 6.19. The molecule has 2 N–H and O–H groups in total. The van der Waals surface area contributed by atoms with Crippen LogP contribution >= 0.6 is 11.6 Å². The third kappa shape index (κ3) is 2.84. The number of allylic oxidation sites excluding steroid dienone is 1. The molecule has 0 radical (unpaired) electrons. The van der Waals surface area contributed by atoms with Gasteiger partial charge >= 0.3 is 0 Å². The molecule has 1 aromatic heterocycles. The van der Waals surface area contributed by atoms with Gasteiger partial charge in [-0.3, -0.25) is 0 Å². The second kappa shape index (κ2) is 6.49. The molecular formula is C21H17ClN4O. The van der Waals surface area contributed by atoms with Gasteiger partial charge < -0.3 is 10.5 Å². The standard InChI is InChI=1S/C21H17ClN4O/c1-12-6-8-16(9-7-12)26-21-18(13(2)25-26)19(17(11-23)20(24)27-21)14-4-3-5-15(22)10-14/h3-10,19H,24H2,1-2H3/t19-/m1/s1. The van der Waals surface area contributed by atoms with Crippen molar-refractivity contribution in [1.82, 2.24) is 9.78 Å². The zero-order valence-corrected chi connectivity index (χ0v) is 15.7. The van der Waals surface area contributed by atoms with E-state index in [1.165, 1.54) is 0 Å². The van der Waals surface area contributed by atoms with Crippen LogP contribution in [0.2, 0.25) is 5.02 Å². The Morgan fingerprint density at radius 2 is 1.93 bits per heavy atom. The SMILES string of the molecule is Cc1ccc(-n2nc(C)c3c2OC(N)=C(C#N)[C@H]3c2cccc(Cl)c2)cc1. The first-order valence-electron chi connectivity index (χ1n) is 8.49. The molecule has 0 aliphatic carbocycles.